The van der Waals surface area contributed by atoms with Gasteiger partial charge in [0.05, 0.1) is 24.2 Å². The number of carbonyl (C=O) groups is 1. The topological polar surface area (TPSA) is 137 Å². The average Bonchev–Trinajstić information content (AvgIpc) is 3.72. The lowest BCUT2D eigenvalue weighted by atomic mass is 10.0. The first kappa shape index (κ1) is 30.0. The quantitative estimate of drug-likeness (QED) is 0.230. The van der Waals surface area contributed by atoms with E-state index in [-0.39, 0.29) is 40.7 Å². The van der Waals surface area contributed by atoms with E-state index in [1.165, 1.54) is 24.3 Å². The SMILES string of the molecule is N#CCC1(Cn2c(CN3CCC(Oc4ccc(F)c(COc5ccc(C#N)cc5F)c4)CC3)nc3ccc(C(=O)O)nc32)CC1. The molecule has 1 aliphatic carbocycles. The number of benzene rings is 2. The summed E-state index contributed by atoms with van der Waals surface area (Å²) in [4.78, 5) is 23.0. The molecule has 2 aromatic carbocycles. The molecule has 0 amide bonds. The molecule has 4 aromatic rings. The predicted molar refractivity (Wildman–Crippen MR) is 157 cm³/mol. The number of carboxylic acid groups (broad SMARTS) is 1. The van der Waals surface area contributed by atoms with E-state index in [4.69, 9.17) is 19.7 Å². The molecule has 0 bridgehead atoms. The van der Waals surface area contributed by atoms with E-state index in [2.05, 4.69) is 16.0 Å². The monoisotopic (exact) mass is 612 g/mol. The number of likely N-dealkylation sites (tertiary alicyclic amines) is 1. The highest BCUT2D eigenvalue weighted by Gasteiger charge is 2.43. The molecule has 0 atom stereocenters. The largest absolute Gasteiger partial charge is 0.490 e. The summed E-state index contributed by atoms with van der Waals surface area (Å²) < 4.78 is 42.3. The maximum Gasteiger partial charge on any atom is 0.354 e. The number of pyridine rings is 1. The van der Waals surface area contributed by atoms with Crippen LogP contribution in [0.5, 0.6) is 11.5 Å². The zero-order valence-electron chi connectivity index (χ0n) is 24.4. The van der Waals surface area contributed by atoms with Crippen LogP contribution in [0.25, 0.3) is 11.2 Å². The van der Waals surface area contributed by atoms with Crippen molar-refractivity contribution in [1.29, 1.82) is 10.5 Å². The van der Waals surface area contributed by atoms with Crippen LogP contribution in [0.3, 0.4) is 0 Å². The molecule has 230 valence electrons. The standard InChI is InChI=1S/C33H30F2N6O4/c34-25-3-2-24(16-22(25)19-44-29-6-1-21(17-37)15-26(29)35)45-23-7-13-40(14-8-23)18-30-38-27-4-5-28(32(42)43)39-31(27)41(30)20-33(9-10-33)11-12-36/h1-6,15-16,23H,7-11,13-14,18-20H2,(H,42,43). The lowest BCUT2D eigenvalue weighted by Gasteiger charge is -2.32. The Kier molecular flexibility index (Phi) is 8.33. The molecule has 0 spiro atoms. The maximum atomic E-state index is 14.5. The number of fused-ring (bicyclic) bond motifs is 1. The minimum atomic E-state index is -1.10. The normalized spacial score (nSPS) is 16.2. The van der Waals surface area contributed by atoms with Crippen LogP contribution in [0.1, 0.15) is 59.5 Å². The summed E-state index contributed by atoms with van der Waals surface area (Å²) in [7, 11) is 0. The molecule has 2 fully saturated rings. The average molecular weight is 613 g/mol. The lowest BCUT2D eigenvalue weighted by Crippen LogP contribution is -2.38. The Morgan fingerprint density at radius 3 is 2.53 bits per heavy atom. The van der Waals surface area contributed by atoms with Gasteiger partial charge < -0.3 is 19.1 Å². The molecule has 45 heavy (non-hydrogen) atoms. The van der Waals surface area contributed by atoms with Crippen molar-refractivity contribution in [2.45, 2.75) is 57.9 Å². The van der Waals surface area contributed by atoms with Crippen molar-refractivity contribution in [3.05, 3.63) is 82.8 Å². The smallest absolute Gasteiger partial charge is 0.354 e. The molecule has 1 N–H and O–H groups in total. The highest BCUT2D eigenvalue weighted by Crippen LogP contribution is 2.50. The van der Waals surface area contributed by atoms with Crippen molar-refractivity contribution in [3.63, 3.8) is 0 Å². The summed E-state index contributed by atoms with van der Waals surface area (Å²) in [6.07, 6.45) is 3.64. The molecule has 3 heterocycles. The maximum absolute atomic E-state index is 14.5. The number of aromatic carboxylic acids is 1. The Hall–Kier alpha value is -5.07. The summed E-state index contributed by atoms with van der Waals surface area (Å²) >= 11 is 0. The van der Waals surface area contributed by atoms with Crippen LogP contribution >= 0.6 is 0 Å². The van der Waals surface area contributed by atoms with E-state index in [1.807, 2.05) is 10.6 Å². The number of aromatic nitrogens is 3. The van der Waals surface area contributed by atoms with Crippen LogP contribution in [0.15, 0.2) is 48.5 Å². The van der Waals surface area contributed by atoms with Gasteiger partial charge in [-0.05, 0) is 74.2 Å². The Morgan fingerprint density at radius 1 is 1.04 bits per heavy atom. The number of piperidine rings is 1. The van der Waals surface area contributed by atoms with Crippen LogP contribution in [0.2, 0.25) is 0 Å². The molecule has 12 heteroatoms. The van der Waals surface area contributed by atoms with E-state index in [9.17, 15) is 23.9 Å². The van der Waals surface area contributed by atoms with Gasteiger partial charge >= 0.3 is 5.97 Å². The molecule has 1 aliphatic heterocycles. The summed E-state index contributed by atoms with van der Waals surface area (Å²) in [5.74, 6) is -1.10. The van der Waals surface area contributed by atoms with Crippen LogP contribution in [-0.4, -0.2) is 49.7 Å². The van der Waals surface area contributed by atoms with Gasteiger partial charge in [0.2, 0.25) is 0 Å². The third-order valence-electron chi connectivity index (χ3n) is 8.46. The molecular weight excluding hydrogens is 582 g/mol. The lowest BCUT2D eigenvalue weighted by molar-refractivity contribution is 0.0690. The molecule has 10 nitrogen and oxygen atoms in total. The predicted octanol–water partition coefficient (Wildman–Crippen LogP) is 5.60. The second-order valence-electron chi connectivity index (χ2n) is 11.7. The second-order valence-corrected chi connectivity index (χ2v) is 11.7. The van der Waals surface area contributed by atoms with Gasteiger partial charge in [0, 0.05) is 37.0 Å². The fraction of sp³-hybridized carbons (Fsp3) is 0.364. The molecule has 0 unspecified atom stereocenters. The van der Waals surface area contributed by atoms with Gasteiger partial charge in [0.1, 0.15) is 35.6 Å². The third-order valence-corrected chi connectivity index (χ3v) is 8.46. The number of hydrogen-bond acceptors (Lipinski definition) is 8. The Morgan fingerprint density at radius 2 is 1.84 bits per heavy atom. The van der Waals surface area contributed by atoms with Crippen molar-refractivity contribution in [3.8, 4) is 23.6 Å². The molecular formula is C33H30F2N6O4. The van der Waals surface area contributed by atoms with E-state index in [0.29, 0.717) is 36.4 Å². The Balaban J connectivity index is 1.09. The fourth-order valence-corrected chi connectivity index (χ4v) is 5.68. The van der Waals surface area contributed by atoms with Crippen molar-refractivity contribution < 1.29 is 28.2 Å². The minimum absolute atomic E-state index is 0.0461. The minimum Gasteiger partial charge on any atom is -0.490 e. The summed E-state index contributed by atoms with van der Waals surface area (Å²) in [6, 6.07) is 15.5. The molecule has 2 aromatic heterocycles. The first-order chi connectivity index (χ1) is 21.8. The van der Waals surface area contributed by atoms with Crippen LogP contribution in [-0.2, 0) is 19.7 Å². The number of ether oxygens (including phenoxy) is 2. The number of hydrogen-bond donors (Lipinski definition) is 1. The van der Waals surface area contributed by atoms with E-state index in [0.717, 1.165) is 50.7 Å². The van der Waals surface area contributed by atoms with E-state index in [1.54, 1.807) is 18.2 Å². The zero-order valence-corrected chi connectivity index (χ0v) is 24.4. The second kappa shape index (κ2) is 12.5. The highest BCUT2D eigenvalue weighted by molar-refractivity contribution is 5.88. The van der Waals surface area contributed by atoms with Crippen LogP contribution in [0.4, 0.5) is 8.78 Å². The van der Waals surface area contributed by atoms with E-state index < -0.39 is 17.6 Å². The molecule has 1 saturated heterocycles. The third kappa shape index (κ3) is 6.71. The summed E-state index contributed by atoms with van der Waals surface area (Å²) in [5.41, 5.74) is 1.35. The van der Waals surface area contributed by atoms with Gasteiger partial charge in [0.15, 0.2) is 22.9 Å². The van der Waals surface area contributed by atoms with Crippen molar-refractivity contribution >= 4 is 17.1 Å². The first-order valence-corrected chi connectivity index (χ1v) is 14.7. The Bertz CT molecular complexity index is 1830. The van der Waals surface area contributed by atoms with Gasteiger partial charge in [-0.2, -0.15) is 10.5 Å². The highest BCUT2D eigenvalue weighted by atomic mass is 19.1. The molecule has 1 saturated carbocycles. The molecule has 0 radical (unpaired) electrons. The number of imidazole rings is 1. The van der Waals surface area contributed by atoms with Crippen molar-refractivity contribution in [2.24, 2.45) is 5.41 Å². The van der Waals surface area contributed by atoms with Gasteiger partial charge in [0.25, 0.3) is 0 Å². The summed E-state index contributed by atoms with van der Waals surface area (Å²) in [6.45, 7) is 2.35. The summed E-state index contributed by atoms with van der Waals surface area (Å²) in [5, 5.41) is 27.7. The number of carboxylic acids is 1. The van der Waals surface area contributed by atoms with Crippen molar-refractivity contribution in [2.75, 3.05) is 13.1 Å². The fourth-order valence-electron chi connectivity index (χ4n) is 5.68. The van der Waals surface area contributed by atoms with Crippen LogP contribution < -0.4 is 9.47 Å². The number of halogens is 2. The molecule has 2 aliphatic rings. The van der Waals surface area contributed by atoms with Gasteiger partial charge in [-0.15, -0.1) is 0 Å². The number of nitrogens with zero attached hydrogens (tertiary/aromatic N) is 6. The zero-order chi connectivity index (χ0) is 31.6. The van der Waals surface area contributed by atoms with E-state index >= 15 is 0 Å². The van der Waals surface area contributed by atoms with Gasteiger partial charge in [-0.3, -0.25) is 4.90 Å². The number of rotatable bonds is 11. The Labute approximate surface area is 258 Å². The first-order valence-electron chi connectivity index (χ1n) is 14.7. The van der Waals surface area contributed by atoms with Crippen LogP contribution in [0, 0.1) is 39.7 Å². The van der Waals surface area contributed by atoms with Crippen molar-refractivity contribution in [1.82, 2.24) is 19.4 Å². The van der Waals surface area contributed by atoms with Gasteiger partial charge in [-0.1, -0.05) is 0 Å². The number of nitriles is 2. The molecule has 6 rings (SSSR count). The van der Waals surface area contributed by atoms with Gasteiger partial charge in [-0.25, -0.2) is 23.5 Å².